The third-order valence-corrected chi connectivity index (χ3v) is 6.30. The van der Waals surface area contributed by atoms with Gasteiger partial charge in [0.1, 0.15) is 5.75 Å². The smallest absolute Gasteiger partial charge is 0.684 e. The molecule has 10 nitrogen and oxygen atoms in total. The zero-order valence-electron chi connectivity index (χ0n) is 23.3. The van der Waals surface area contributed by atoms with Gasteiger partial charge in [-0.15, -0.1) is 7.05 Å². The molecule has 0 unspecified atom stereocenters. The summed E-state index contributed by atoms with van der Waals surface area (Å²) in [6, 6.07) is 11.9. The zero-order valence-corrected chi connectivity index (χ0v) is 25.3. The Labute approximate surface area is 247 Å². The number of nitrogens with zero attached hydrogens (tertiary/aromatic N) is 4. The van der Waals surface area contributed by atoms with Crippen molar-refractivity contribution in [1.29, 1.82) is 0 Å². The van der Waals surface area contributed by atoms with E-state index in [1.165, 1.54) is 11.1 Å². The average molecular weight is 533 g/mol. The van der Waals surface area contributed by atoms with Crippen LogP contribution in [0.1, 0.15) is 30.5 Å². The fourth-order valence-corrected chi connectivity index (χ4v) is 4.29. The van der Waals surface area contributed by atoms with E-state index in [1.54, 1.807) is 36.1 Å². The summed E-state index contributed by atoms with van der Waals surface area (Å²) < 4.78 is 5.14. The van der Waals surface area contributed by atoms with Crippen molar-refractivity contribution in [3.63, 3.8) is 0 Å². The van der Waals surface area contributed by atoms with Crippen molar-refractivity contribution in [1.82, 2.24) is 20.7 Å². The Morgan fingerprint density at radius 1 is 1.13 bits per heavy atom. The van der Waals surface area contributed by atoms with Crippen LogP contribution in [0, 0.1) is 6.92 Å². The van der Waals surface area contributed by atoms with Crippen molar-refractivity contribution in [2.75, 3.05) is 45.2 Å². The Bertz CT molecular complexity index is 1090. The molecule has 0 aromatic heterocycles. The molecule has 0 bridgehead atoms. The van der Waals surface area contributed by atoms with Gasteiger partial charge in [-0.2, -0.15) is 0 Å². The van der Waals surface area contributed by atoms with Gasteiger partial charge in [-0.25, -0.2) is 5.01 Å². The van der Waals surface area contributed by atoms with Crippen LogP contribution in [0.4, 0.5) is 11.4 Å². The van der Waals surface area contributed by atoms with Crippen molar-refractivity contribution >= 4 is 29.7 Å². The second-order valence-corrected chi connectivity index (χ2v) is 9.37. The van der Waals surface area contributed by atoms with Crippen LogP contribution >= 0.6 is 0 Å². The molecule has 200 valence electrons. The predicted octanol–water partition coefficient (Wildman–Crippen LogP) is -0.521. The molecule has 2 amide bonds. The Balaban J connectivity index is 0.00000507. The second-order valence-electron chi connectivity index (χ2n) is 9.37. The first kappa shape index (κ1) is 31.6. The largest absolute Gasteiger partial charge is 1.00 e. The van der Waals surface area contributed by atoms with Gasteiger partial charge in [0, 0.05) is 51.0 Å². The Morgan fingerprint density at radius 3 is 2.37 bits per heavy atom. The molecule has 2 aromatic rings. The zero-order chi connectivity index (χ0) is 26.9. The summed E-state index contributed by atoms with van der Waals surface area (Å²) in [5.74, 6) is -0.111. The molecule has 38 heavy (non-hydrogen) atoms. The number of anilines is 1. The van der Waals surface area contributed by atoms with Crippen LogP contribution in [0.25, 0.3) is 5.32 Å². The first-order valence-electron chi connectivity index (χ1n) is 12.4. The van der Waals surface area contributed by atoms with Gasteiger partial charge in [0.15, 0.2) is 0 Å². The van der Waals surface area contributed by atoms with Crippen LogP contribution in [0.15, 0.2) is 36.4 Å². The number of hydrogen-bond acceptors (Lipinski definition) is 7. The van der Waals surface area contributed by atoms with Crippen molar-refractivity contribution < 1.29 is 48.7 Å². The van der Waals surface area contributed by atoms with Gasteiger partial charge >= 0.3 is 29.6 Å². The minimum absolute atomic E-state index is 0. The maximum atomic E-state index is 13.4. The quantitative estimate of drug-likeness (QED) is 0.203. The number of fused-ring (bicyclic) bond motifs is 1. The predicted molar refractivity (Wildman–Crippen MR) is 144 cm³/mol. The van der Waals surface area contributed by atoms with E-state index in [-0.39, 0.29) is 60.2 Å². The summed E-state index contributed by atoms with van der Waals surface area (Å²) in [5, 5.41) is 13.9. The third-order valence-electron chi connectivity index (χ3n) is 6.30. The number of rotatable bonds is 13. The summed E-state index contributed by atoms with van der Waals surface area (Å²) in [5.41, 5.74) is 4.32. The number of likely N-dealkylation sites (N-methyl/N-ethyl adjacent to an activating group) is 1. The first-order valence-corrected chi connectivity index (χ1v) is 12.4. The number of benzene rings is 2. The molecule has 0 saturated carbocycles. The van der Waals surface area contributed by atoms with E-state index < -0.39 is 0 Å². The molecule has 0 atom stereocenters. The van der Waals surface area contributed by atoms with E-state index in [0.717, 1.165) is 5.56 Å². The van der Waals surface area contributed by atoms with Crippen LogP contribution in [0.5, 0.6) is 5.75 Å². The van der Waals surface area contributed by atoms with Crippen LogP contribution in [0.2, 0.25) is 0 Å². The molecule has 1 aliphatic heterocycles. The number of hydrazine groups is 1. The maximum absolute atomic E-state index is 13.4. The van der Waals surface area contributed by atoms with Crippen molar-refractivity contribution in [2.45, 2.75) is 39.9 Å². The van der Waals surface area contributed by atoms with E-state index >= 15 is 0 Å². The average Bonchev–Trinajstić information content (AvgIpc) is 3.31. The van der Waals surface area contributed by atoms with E-state index in [9.17, 15) is 14.4 Å². The van der Waals surface area contributed by atoms with Crippen molar-refractivity contribution in [3.05, 3.63) is 58.4 Å². The number of carbonyl (C=O) groups is 3. The van der Waals surface area contributed by atoms with Crippen LogP contribution in [-0.4, -0.2) is 74.6 Å². The minimum Gasteiger partial charge on any atom is -0.684 e. The van der Waals surface area contributed by atoms with Gasteiger partial charge in [0.05, 0.1) is 13.1 Å². The van der Waals surface area contributed by atoms with E-state index in [4.69, 9.17) is 4.74 Å². The summed E-state index contributed by atoms with van der Waals surface area (Å²) in [6.07, 6.45) is 0. The van der Waals surface area contributed by atoms with Crippen molar-refractivity contribution in [3.8, 4) is 5.75 Å². The van der Waals surface area contributed by atoms with Gasteiger partial charge in [-0.1, -0.05) is 49.9 Å². The third kappa shape index (κ3) is 8.44. The maximum Gasteiger partial charge on any atom is 1.00 e. The number of aryl methyl sites for hydroxylation is 1. The number of carbonyl (C=O) groups excluding carboxylic acids is 3. The fraction of sp³-hybridized carbons (Fsp3) is 0.444. The fourth-order valence-electron chi connectivity index (χ4n) is 4.29. The van der Waals surface area contributed by atoms with Gasteiger partial charge in [-0.3, -0.25) is 19.4 Å². The molecule has 0 aliphatic carbocycles. The van der Waals surface area contributed by atoms with Crippen LogP contribution < -0.4 is 49.8 Å². The number of amides is 2. The monoisotopic (exact) mass is 532 g/mol. The van der Waals surface area contributed by atoms with Gasteiger partial charge in [0.25, 0.3) is 12.4 Å². The Kier molecular flexibility index (Phi) is 12.5. The summed E-state index contributed by atoms with van der Waals surface area (Å²) in [4.78, 5) is 39.1. The number of hydrogen-bond donors (Lipinski definition) is 2. The van der Waals surface area contributed by atoms with Gasteiger partial charge < -0.3 is 25.6 Å². The molecule has 0 radical (unpaired) electrons. The molecular formula is C27H37N6NaO4. The SMILES string of the molecule is C[N-]c1cc(C)c(N(CC(=O)NCCNC(C)C)CC(=O)N(C)N2Cc3ccccc3C2)cc1OC=O.[Na+]. The van der Waals surface area contributed by atoms with E-state index in [1.807, 2.05) is 37.9 Å². The molecule has 11 heteroatoms. The molecule has 1 aliphatic rings. The summed E-state index contributed by atoms with van der Waals surface area (Å²) >= 11 is 0. The molecule has 3 rings (SSSR count). The second kappa shape index (κ2) is 15.1. The van der Waals surface area contributed by atoms with Crippen LogP contribution in [-0.2, 0) is 27.5 Å². The normalized spacial score (nSPS) is 12.4. The van der Waals surface area contributed by atoms with Crippen LogP contribution in [0.3, 0.4) is 0 Å². The Morgan fingerprint density at radius 2 is 1.79 bits per heavy atom. The first-order chi connectivity index (χ1) is 17.7. The van der Waals surface area contributed by atoms with E-state index in [0.29, 0.717) is 50.1 Å². The molecule has 1 heterocycles. The molecule has 2 aromatic carbocycles. The van der Waals surface area contributed by atoms with E-state index in [2.05, 4.69) is 28.1 Å². The molecule has 0 spiro atoms. The minimum atomic E-state index is -0.212. The molecule has 2 N–H and O–H groups in total. The molecular weight excluding hydrogens is 495 g/mol. The van der Waals surface area contributed by atoms with Gasteiger partial charge in [0.2, 0.25) is 5.91 Å². The standard InChI is InChI=1S/C27H37N6O4.Na/c1-19(2)29-10-11-30-26(35)16-32(24-13-25(37-18-34)23(28-4)12-20(24)3)17-27(36)31(5)33-14-21-8-6-7-9-22(21)15-33;/h6-9,12-13,18-19,29H,10-11,14-17H2,1-5H3,(H,30,35);/q-1;+1. The molecule has 0 fully saturated rings. The van der Waals surface area contributed by atoms with Crippen molar-refractivity contribution in [2.24, 2.45) is 0 Å². The molecule has 0 saturated heterocycles. The summed E-state index contributed by atoms with van der Waals surface area (Å²) in [7, 11) is 3.35. The topological polar surface area (TPSA) is 108 Å². The Hall–Kier alpha value is -2.63. The number of nitrogens with one attached hydrogen (secondary N) is 2. The van der Waals surface area contributed by atoms with Gasteiger partial charge in [-0.05, 0) is 23.6 Å². The number of ether oxygens (including phenoxy) is 1. The summed E-state index contributed by atoms with van der Waals surface area (Å²) in [6.45, 7) is 8.62.